The second kappa shape index (κ2) is 7.58. The Labute approximate surface area is 160 Å². The van der Waals surface area contributed by atoms with E-state index in [1.54, 1.807) is 23.3 Å². The minimum absolute atomic E-state index is 0.0899. The molecule has 1 aromatic rings. The number of hydroxylamine groups is 2. The van der Waals surface area contributed by atoms with Crippen molar-refractivity contribution in [2.24, 2.45) is 0 Å². The third kappa shape index (κ3) is 3.21. The Morgan fingerprint density at radius 1 is 1.27 bits per heavy atom. The fraction of sp³-hybridized carbons (Fsp3) is 0.529. The lowest BCUT2D eigenvalue weighted by Gasteiger charge is -2.44. The lowest BCUT2D eigenvalue weighted by Crippen LogP contribution is -2.57. The molecule has 9 heteroatoms. The highest BCUT2D eigenvalue weighted by Crippen LogP contribution is 2.49. The van der Waals surface area contributed by atoms with Crippen molar-refractivity contribution < 1.29 is 23.8 Å². The van der Waals surface area contributed by atoms with Gasteiger partial charge in [0.05, 0.1) is 19.2 Å². The summed E-state index contributed by atoms with van der Waals surface area (Å²) in [7, 11) is 1.53. The first-order valence-electron chi connectivity index (χ1n) is 8.22. The first-order chi connectivity index (χ1) is 12.3. The van der Waals surface area contributed by atoms with Gasteiger partial charge in [-0.05, 0) is 25.0 Å². The summed E-state index contributed by atoms with van der Waals surface area (Å²) in [5, 5.41) is 24.0. The molecule has 1 fully saturated rings. The summed E-state index contributed by atoms with van der Waals surface area (Å²) in [6, 6.07) is 4.79. The normalized spacial score (nSPS) is 24.2. The van der Waals surface area contributed by atoms with Gasteiger partial charge in [-0.25, -0.2) is 8.78 Å². The van der Waals surface area contributed by atoms with Gasteiger partial charge < -0.3 is 15.1 Å². The lowest BCUT2D eigenvalue weighted by molar-refractivity contribution is -0.169. The van der Waals surface area contributed by atoms with E-state index in [0.717, 1.165) is 0 Å². The standard InChI is InChI=1S/C17H20Cl2F2N2O3/c1-26-22-7-5-17(6-8-22)15(24)14(16(25)23(17)9-12(20)21)13-10(18)3-2-4-11(13)19/h2-4,12,16,24-25H,5-9H2,1H3. The molecule has 1 aromatic carbocycles. The second-order valence-corrected chi connectivity index (χ2v) is 7.23. The number of aliphatic hydroxyl groups excluding tert-OH is 2. The van der Waals surface area contributed by atoms with Crippen LogP contribution in [0.1, 0.15) is 18.4 Å². The zero-order valence-electron chi connectivity index (χ0n) is 14.1. The molecule has 1 unspecified atom stereocenters. The molecule has 2 aliphatic rings. The highest BCUT2D eigenvalue weighted by atomic mass is 35.5. The number of hydrogen-bond acceptors (Lipinski definition) is 5. The molecule has 144 valence electrons. The van der Waals surface area contributed by atoms with Crippen molar-refractivity contribution in [3.05, 3.63) is 39.6 Å². The average Bonchev–Trinajstić information content (AvgIpc) is 2.78. The van der Waals surface area contributed by atoms with Crippen LogP contribution in [0.5, 0.6) is 0 Å². The first-order valence-corrected chi connectivity index (χ1v) is 8.97. The molecule has 0 saturated carbocycles. The van der Waals surface area contributed by atoms with Crippen LogP contribution in [-0.2, 0) is 4.84 Å². The van der Waals surface area contributed by atoms with Crippen molar-refractivity contribution in [3.8, 4) is 0 Å². The van der Waals surface area contributed by atoms with Crippen LogP contribution in [0.3, 0.4) is 0 Å². The maximum absolute atomic E-state index is 13.2. The van der Waals surface area contributed by atoms with Gasteiger partial charge in [0, 0.05) is 34.3 Å². The van der Waals surface area contributed by atoms with E-state index in [1.165, 1.54) is 12.0 Å². The Hall–Kier alpha value is -0.960. The lowest BCUT2D eigenvalue weighted by atomic mass is 9.85. The van der Waals surface area contributed by atoms with Crippen LogP contribution in [0, 0.1) is 0 Å². The molecule has 2 heterocycles. The van der Waals surface area contributed by atoms with Crippen LogP contribution in [0.2, 0.25) is 10.0 Å². The number of hydrogen-bond donors (Lipinski definition) is 2. The Kier molecular flexibility index (Phi) is 5.77. The fourth-order valence-electron chi connectivity index (χ4n) is 3.89. The molecule has 0 bridgehead atoms. The van der Waals surface area contributed by atoms with Crippen LogP contribution in [0.15, 0.2) is 24.0 Å². The van der Waals surface area contributed by atoms with Gasteiger partial charge >= 0.3 is 0 Å². The van der Waals surface area contributed by atoms with Crippen LogP contribution < -0.4 is 0 Å². The highest BCUT2D eigenvalue weighted by Gasteiger charge is 2.54. The van der Waals surface area contributed by atoms with Gasteiger partial charge in [-0.1, -0.05) is 29.3 Å². The van der Waals surface area contributed by atoms with E-state index in [2.05, 4.69) is 0 Å². The molecule has 1 atom stereocenters. The molecule has 5 nitrogen and oxygen atoms in total. The number of piperidine rings is 1. The summed E-state index contributed by atoms with van der Waals surface area (Å²) < 4.78 is 26.4. The van der Waals surface area contributed by atoms with Crippen molar-refractivity contribution in [1.29, 1.82) is 0 Å². The molecular formula is C17H20Cl2F2N2O3. The maximum atomic E-state index is 13.2. The third-order valence-electron chi connectivity index (χ3n) is 5.17. The molecule has 0 aromatic heterocycles. The topological polar surface area (TPSA) is 56.2 Å². The zero-order valence-corrected chi connectivity index (χ0v) is 15.6. The van der Waals surface area contributed by atoms with Gasteiger partial charge in [-0.15, -0.1) is 0 Å². The predicted octanol–water partition coefficient (Wildman–Crippen LogP) is 3.56. The predicted molar refractivity (Wildman–Crippen MR) is 95.3 cm³/mol. The smallest absolute Gasteiger partial charge is 0.251 e. The number of rotatable bonds is 4. The summed E-state index contributed by atoms with van der Waals surface area (Å²) in [6.45, 7) is 0.177. The number of aliphatic hydroxyl groups is 2. The molecule has 0 radical (unpaired) electrons. The van der Waals surface area contributed by atoms with Crippen molar-refractivity contribution in [1.82, 2.24) is 9.96 Å². The minimum atomic E-state index is -2.67. The Morgan fingerprint density at radius 2 is 1.85 bits per heavy atom. The summed E-state index contributed by atoms with van der Waals surface area (Å²) >= 11 is 12.5. The van der Waals surface area contributed by atoms with E-state index in [4.69, 9.17) is 28.0 Å². The Bertz CT molecular complexity index is 689. The second-order valence-electron chi connectivity index (χ2n) is 6.42. The zero-order chi connectivity index (χ0) is 19.1. The van der Waals surface area contributed by atoms with Gasteiger partial charge in [0.15, 0.2) is 0 Å². The molecule has 3 rings (SSSR count). The Morgan fingerprint density at radius 3 is 2.35 bits per heavy atom. The molecule has 1 spiro atoms. The van der Waals surface area contributed by atoms with Gasteiger partial charge in [0.1, 0.15) is 12.0 Å². The highest BCUT2D eigenvalue weighted by molar-refractivity contribution is 6.37. The fourth-order valence-corrected chi connectivity index (χ4v) is 4.49. The van der Waals surface area contributed by atoms with Crippen LogP contribution >= 0.6 is 23.2 Å². The first kappa shape index (κ1) is 19.8. The van der Waals surface area contributed by atoms with Gasteiger partial charge in [0.2, 0.25) is 0 Å². The maximum Gasteiger partial charge on any atom is 0.251 e. The molecular weight excluding hydrogens is 389 g/mol. The van der Waals surface area contributed by atoms with E-state index in [9.17, 15) is 19.0 Å². The van der Waals surface area contributed by atoms with Crippen LogP contribution in [-0.4, -0.2) is 65.1 Å². The molecule has 0 amide bonds. The monoisotopic (exact) mass is 408 g/mol. The van der Waals surface area contributed by atoms with Crippen LogP contribution in [0.25, 0.3) is 5.57 Å². The van der Waals surface area contributed by atoms with Crippen molar-refractivity contribution in [3.63, 3.8) is 0 Å². The number of alkyl halides is 2. The van der Waals surface area contributed by atoms with E-state index in [1.807, 2.05) is 0 Å². The number of nitrogens with zero attached hydrogens (tertiary/aromatic N) is 2. The summed E-state index contributed by atoms with van der Waals surface area (Å²) in [4.78, 5) is 6.43. The molecule has 2 N–H and O–H groups in total. The number of halogens is 4. The largest absolute Gasteiger partial charge is 0.510 e. The third-order valence-corrected chi connectivity index (χ3v) is 5.80. The molecule has 1 saturated heterocycles. The summed E-state index contributed by atoms with van der Waals surface area (Å²) in [6.07, 6.45) is -3.46. The number of benzene rings is 1. The van der Waals surface area contributed by atoms with Gasteiger partial charge in [0.25, 0.3) is 6.43 Å². The molecule has 0 aliphatic carbocycles. The average molecular weight is 409 g/mol. The van der Waals surface area contributed by atoms with Gasteiger partial charge in [-0.2, -0.15) is 5.06 Å². The van der Waals surface area contributed by atoms with Crippen LogP contribution in [0.4, 0.5) is 8.78 Å². The van der Waals surface area contributed by atoms with E-state index in [0.29, 0.717) is 25.9 Å². The SMILES string of the molecule is CON1CCC2(CC1)C(O)=C(c1c(Cl)cccc1Cl)C(O)N2CC(F)F. The Balaban J connectivity index is 2.09. The van der Waals surface area contributed by atoms with Crippen molar-refractivity contribution >= 4 is 28.8 Å². The van der Waals surface area contributed by atoms with Gasteiger partial charge in [-0.3, -0.25) is 4.90 Å². The minimum Gasteiger partial charge on any atom is -0.510 e. The van der Waals surface area contributed by atoms with E-state index >= 15 is 0 Å². The van der Waals surface area contributed by atoms with Crippen molar-refractivity contribution in [2.75, 3.05) is 26.7 Å². The summed E-state index contributed by atoms with van der Waals surface area (Å²) in [5.74, 6) is -0.156. The summed E-state index contributed by atoms with van der Waals surface area (Å²) in [5.41, 5.74) is -0.749. The van der Waals surface area contributed by atoms with E-state index in [-0.39, 0.29) is 26.9 Å². The molecule has 26 heavy (non-hydrogen) atoms. The molecule has 2 aliphatic heterocycles. The van der Waals surface area contributed by atoms with E-state index < -0.39 is 24.7 Å². The van der Waals surface area contributed by atoms with Crippen molar-refractivity contribution in [2.45, 2.75) is 31.0 Å². The quantitative estimate of drug-likeness (QED) is 0.797.